The molecule has 1 saturated heterocycles. The van der Waals surface area contributed by atoms with Crippen molar-refractivity contribution in [2.45, 2.75) is 69.1 Å². The number of hydrogen-bond acceptors (Lipinski definition) is 3. The van der Waals surface area contributed by atoms with Crippen LogP contribution in [0.4, 0.5) is 26.3 Å². The number of carbonyl (C=O) groups excluding carboxylic acids is 1. The summed E-state index contributed by atoms with van der Waals surface area (Å²) < 4.78 is 86.5. The maximum Gasteiger partial charge on any atom is 0.416 e. The van der Waals surface area contributed by atoms with Crippen molar-refractivity contribution in [2.75, 3.05) is 13.2 Å². The van der Waals surface area contributed by atoms with E-state index in [4.69, 9.17) is 4.74 Å². The van der Waals surface area contributed by atoms with Crippen molar-refractivity contribution in [1.82, 2.24) is 10.6 Å². The van der Waals surface area contributed by atoms with Crippen LogP contribution < -0.4 is 10.6 Å². The molecule has 1 amide bonds. The van der Waals surface area contributed by atoms with E-state index in [1.165, 1.54) is 6.08 Å². The van der Waals surface area contributed by atoms with Crippen molar-refractivity contribution < 1.29 is 35.9 Å². The summed E-state index contributed by atoms with van der Waals surface area (Å²) in [7, 11) is 0. The Morgan fingerprint density at radius 1 is 1.05 bits per heavy atom. The first kappa shape index (κ1) is 29.7. The molecule has 208 valence electrons. The van der Waals surface area contributed by atoms with E-state index in [0.717, 1.165) is 5.56 Å². The van der Waals surface area contributed by atoms with Crippen LogP contribution in [0.2, 0.25) is 0 Å². The number of ether oxygens (including phenoxy) is 1. The van der Waals surface area contributed by atoms with Gasteiger partial charge >= 0.3 is 12.4 Å². The monoisotopic (exact) mass is 542 g/mol. The molecule has 10 heteroatoms. The highest BCUT2D eigenvalue weighted by molar-refractivity contribution is 5.76. The molecule has 0 unspecified atom stereocenters. The second-order valence-corrected chi connectivity index (χ2v) is 9.64. The molecule has 1 fully saturated rings. The highest BCUT2D eigenvalue weighted by atomic mass is 19.4. The number of amides is 1. The quantitative estimate of drug-likeness (QED) is 0.267. The summed E-state index contributed by atoms with van der Waals surface area (Å²) in [5, 5.41) is 6.58. The number of carbonyl (C=O) groups is 1. The van der Waals surface area contributed by atoms with Crippen molar-refractivity contribution in [3.8, 4) is 0 Å². The third kappa shape index (κ3) is 6.77. The van der Waals surface area contributed by atoms with E-state index in [1.807, 2.05) is 37.3 Å². The fraction of sp³-hybridized carbons (Fsp3) is 0.464. The summed E-state index contributed by atoms with van der Waals surface area (Å²) in [6.45, 7) is 7.71. The molecule has 0 saturated carbocycles. The standard InChI is InChI=1S/C28H32F6N2O2/c1-4-23(19-14-21(27(29,30)31)16-22(15-19)28(32,33)34)38-18-26(20-10-8-7-9-11-20)13-12-25(6-3,17-35-26)36-24(37)5-2/h4,7-11,14-16,23,35H,1,5-6,12-13,17-18H2,2-3H3,(H,36,37)/t23-,25-,26-/m1/s1. The lowest BCUT2D eigenvalue weighted by molar-refractivity contribution is -0.143. The Bertz CT molecular complexity index is 1070. The van der Waals surface area contributed by atoms with Crippen molar-refractivity contribution in [2.24, 2.45) is 0 Å². The lowest BCUT2D eigenvalue weighted by Gasteiger charge is -2.48. The van der Waals surface area contributed by atoms with Crippen molar-refractivity contribution in [3.63, 3.8) is 0 Å². The molecule has 38 heavy (non-hydrogen) atoms. The van der Waals surface area contributed by atoms with Crippen molar-refractivity contribution in [1.29, 1.82) is 0 Å². The largest absolute Gasteiger partial charge is 0.416 e. The van der Waals surface area contributed by atoms with E-state index in [0.29, 0.717) is 44.4 Å². The van der Waals surface area contributed by atoms with E-state index in [-0.39, 0.29) is 24.1 Å². The number of halogens is 6. The molecule has 2 aromatic rings. The predicted molar refractivity (Wildman–Crippen MR) is 132 cm³/mol. The number of alkyl halides is 6. The van der Waals surface area contributed by atoms with E-state index in [9.17, 15) is 31.1 Å². The van der Waals surface area contributed by atoms with Crippen LogP contribution in [0.1, 0.15) is 67.9 Å². The van der Waals surface area contributed by atoms with Crippen molar-refractivity contribution >= 4 is 5.91 Å². The van der Waals surface area contributed by atoms with Gasteiger partial charge in [0, 0.05) is 13.0 Å². The SMILES string of the molecule is C=C[C@@H](OC[C@@]1(c2ccccc2)CC[C@@](CC)(NC(=O)CC)CN1)c1cc(C(F)(F)F)cc(C(F)(F)F)c1. The third-order valence-electron chi connectivity index (χ3n) is 7.19. The van der Waals surface area contributed by atoms with Crippen LogP contribution in [-0.2, 0) is 27.4 Å². The zero-order chi connectivity index (χ0) is 28.2. The summed E-state index contributed by atoms with van der Waals surface area (Å²) in [5.74, 6) is -0.0751. The number of hydrogen-bond donors (Lipinski definition) is 2. The molecule has 0 aliphatic carbocycles. The van der Waals surface area contributed by atoms with Gasteiger partial charge in [-0.25, -0.2) is 0 Å². The van der Waals surface area contributed by atoms with Gasteiger partial charge in [-0.05, 0) is 48.6 Å². The molecule has 0 bridgehead atoms. The number of rotatable bonds is 9. The molecular formula is C28H32F6N2O2. The first-order valence-corrected chi connectivity index (χ1v) is 12.4. The molecule has 2 N–H and O–H groups in total. The van der Waals surface area contributed by atoms with Gasteiger partial charge in [0.05, 0.1) is 28.8 Å². The van der Waals surface area contributed by atoms with Gasteiger partial charge in [0.2, 0.25) is 5.91 Å². The maximum atomic E-state index is 13.4. The Hall–Kier alpha value is -2.85. The smallest absolute Gasteiger partial charge is 0.367 e. The first-order chi connectivity index (χ1) is 17.8. The number of piperidine rings is 1. The second-order valence-electron chi connectivity index (χ2n) is 9.64. The van der Waals surface area contributed by atoms with E-state index >= 15 is 0 Å². The first-order valence-electron chi connectivity index (χ1n) is 12.4. The Labute approximate surface area is 218 Å². The van der Waals surface area contributed by atoms with Crippen LogP contribution in [0.3, 0.4) is 0 Å². The van der Waals surface area contributed by atoms with E-state index < -0.39 is 40.7 Å². The topological polar surface area (TPSA) is 50.4 Å². The lowest BCUT2D eigenvalue weighted by Crippen LogP contribution is -2.64. The highest BCUT2D eigenvalue weighted by Crippen LogP contribution is 2.40. The molecule has 0 aromatic heterocycles. The fourth-order valence-electron chi connectivity index (χ4n) is 4.73. The molecule has 1 heterocycles. The van der Waals surface area contributed by atoms with Gasteiger partial charge in [0.15, 0.2) is 0 Å². The summed E-state index contributed by atoms with van der Waals surface area (Å²) >= 11 is 0. The lowest BCUT2D eigenvalue weighted by atomic mass is 9.75. The number of benzene rings is 2. The average Bonchev–Trinajstić information content (AvgIpc) is 2.89. The van der Waals surface area contributed by atoms with E-state index in [2.05, 4.69) is 17.2 Å². The summed E-state index contributed by atoms with van der Waals surface area (Å²) in [6.07, 6.45) is -7.85. The minimum atomic E-state index is -4.97. The zero-order valence-corrected chi connectivity index (χ0v) is 21.3. The van der Waals surface area contributed by atoms with Gasteiger partial charge in [0.25, 0.3) is 0 Å². The molecule has 3 atom stereocenters. The van der Waals surface area contributed by atoms with Gasteiger partial charge in [-0.1, -0.05) is 50.3 Å². The van der Waals surface area contributed by atoms with Gasteiger partial charge in [0.1, 0.15) is 6.10 Å². The minimum absolute atomic E-state index is 0.0488. The Morgan fingerprint density at radius 3 is 2.11 bits per heavy atom. The summed E-state index contributed by atoms with van der Waals surface area (Å²) in [6, 6.07) is 10.7. The highest BCUT2D eigenvalue weighted by Gasteiger charge is 2.44. The van der Waals surface area contributed by atoms with Crippen LogP contribution >= 0.6 is 0 Å². The van der Waals surface area contributed by atoms with Crippen molar-refractivity contribution in [3.05, 3.63) is 83.4 Å². The van der Waals surface area contributed by atoms with Crippen LogP contribution in [0.25, 0.3) is 0 Å². The normalized spacial score (nSPS) is 23.1. The van der Waals surface area contributed by atoms with Crippen LogP contribution in [0.5, 0.6) is 0 Å². The van der Waals surface area contributed by atoms with E-state index in [1.54, 1.807) is 6.92 Å². The third-order valence-corrected chi connectivity index (χ3v) is 7.19. The Balaban J connectivity index is 1.92. The summed E-state index contributed by atoms with van der Waals surface area (Å²) in [5.41, 5.74) is -3.52. The Morgan fingerprint density at radius 2 is 1.66 bits per heavy atom. The van der Waals surface area contributed by atoms with Crippen LogP contribution in [-0.4, -0.2) is 24.6 Å². The minimum Gasteiger partial charge on any atom is -0.367 e. The molecule has 1 aliphatic rings. The molecule has 0 spiro atoms. The molecule has 4 nitrogen and oxygen atoms in total. The molecule has 1 aliphatic heterocycles. The Kier molecular flexibility index (Phi) is 8.98. The van der Waals surface area contributed by atoms with Gasteiger partial charge in [-0.2, -0.15) is 26.3 Å². The van der Waals surface area contributed by atoms with Crippen LogP contribution in [0.15, 0.2) is 61.2 Å². The van der Waals surface area contributed by atoms with Crippen LogP contribution in [0, 0.1) is 0 Å². The van der Waals surface area contributed by atoms with Gasteiger partial charge in [-0.3, -0.25) is 4.79 Å². The zero-order valence-electron chi connectivity index (χ0n) is 21.3. The average molecular weight is 543 g/mol. The second kappa shape index (κ2) is 11.5. The molecule has 2 aromatic carbocycles. The molecule has 0 radical (unpaired) electrons. The van der Waals surface area contributed by atoms with Gasteiger partial charge in [-0.15, -0.1) is 6.58 Å². The molecule has 3 rings (SSSR count). The number of nitrogens with one attached hydrogen (secondary N) is 2. The summed E-state index contributed by atoms with van der Waals surface area (Å²) in [4.78, 5) is 12.1. The predicted octanol–water partition coefficient (Wildman–Crippen LogP) is 6.92. The fourth-order valence-corrected chi connectivity index (χ4v) is 4.73. The van der Waals surface area contributed by atoms with Gasteiger partial charge < -0.3 is 15.4 Å². The maximum absolute atomic E-state index is 13.4. The molecular weight excluding hydrogens is 510 g/mol.